The van der Waals surface area contributed by atoms with Crippen LogP contribution in [0.25, 0.3) is 0 Å². The van der Waals surface area contributed by atoms with Crippen LogP contribution in [-0.4, -0.2) is 67.5 Å². The van der Waals surface area contributed by atoms with Gasteiger partial charge in [0.05, 0.1) is 11.3 Å². The Morgan fingerprint density at radius 2 is 1.96 bits per heavy atom. The quantitative estimate of drug-likeness (QED) is 0.815. The van der Waals surface area contributed by atoms with E-state index in [0.29, 0.717) is 17.9 Å². The number of nitriles is 1. The summed E-state index contributed by atoms with van der Waals surface area (Å²) >= 11 is 0. The minimum Gasteiger partial charge on any atom is -0.357 e. The normalized spacial score (nSPS) is 19.6. The molecule has 27 heavy (non-hydrogen) atoms. The van der Waals surface area contributed by atoms with Gasteiger partial charge >= 0.3 is 0 Å². The lowest BCUT2D eigenvalue weighted by Crippen LogP contribution is -2.52. The fourth-order valence-corrected chi connectivity index (χ4v) is 4.39. The maximum absolute atomic E-state index is 12.3. The number of aromatic nitrogens is 1. The van der Waals surface area contributed by atoms with Crippen molar-refractivity contribution in [3.8, 4) is 6.07 Å². The van der Waals surface area contributed by atoms with Crippen molar-refractivity contribution in [2.75, 3.05) is 51.7 Å². The molecular formula is C21H31N5O. The number of anilines is 1. The molecule has 6 heteroatoms. The molecule has 0 saturated carbocycles. The predicted octanol–water partition coefficient (Wildman–Crippen LogP) is 2.34. The number of carbonyl (C=O) groups excluding carboxylic acids is 1. The average Bonchev–Trinajstić information content (AvgIpc) is 2.63. The highest BCUT2D eigenvalue weighted by Gasteiger charge is 2.41. The summed E-state index contributed by atoms with van der Waals surface area (Å²) in [6.45, 7) is 8.47. The van der Waals surface area contributed by atoms with E-state index in [0.717, 1.165) is 69.1 Å². The topological polar surface area (TPSA) is 63.5 Å². The summed E-state index contributed by atoms with van der Waals surface area (Å²) in [5.41, 5.74) is 2.76. The van der Waals surface area contributed by atoms with Crippen molar-refractivity contribution in [3.05, 3.63) is 22.9 Å². The molecule has 2 fully saturated rings. The Morgan fingerprint density at radius 3 is 2.56 bits per heavy atom. The smallest absolute Gasteiger partial charge is 0.222 e. The molecule has 1 spiro atoms. The Labute approximate surface area is 162 Å². The summed E-state index contributed by atoms with van der Waals surface area (Å²) in [5.74, 6) is 1.29. The van der Waals surface area contributed by atoms with Crippen LogP contribution in [0.15, 0.2) is 6.07 Å². The maximum atomic E-state index is 12.3. The van der Waals surface area contributed by atoms with Crippen molar-refractivity contribution in [3.63, 3.8) is 0 Å². The van der Waals surface area contributed by atoms with E-state index in [1.807, 2.05) is 19.9 Å². The lowest BCUT2D eigenvalue weighted by atomic mass is 9.72. The zero-order valence-corrected chi connectivity index (χ0v) is 17.1. The van der Waals surface area contributed by atoms with Gasteiger partial charge in [-0.05, 0) is 64.3 Å². The molecule has 1 aromatic rings. The van der Waals surface area contributed by atoms with Crippen LogP contribution in [0.1, 0.15) is 42.5 Å². The molecule has 2 aliphatic heterocycles. The molecule has 0 unspecified atom stereocenters. The molecular weight excluding hydrogens is 338 g/mol. The summed E-state index contributed by atoms with van der Waals surface area (Å²) in [7, 11) is 4.11. The molecule has 1 amide bonds. The Balaban J connectivity index is 1.66. The SMILES string of the molecule is Cc1cc(N2CCC3(CCC(=O)N(CCN(C)C)C3)CC2)nc(C)c1C#N. The van der Waals surface area contributed by atoms with Crippen LogP contribution in [0.2, 0.25) is 0 Å². The first-order chi connectivity index (χ1) is 12.8. The number of amides is 1. The van der Waals surface area contributed by atoms with Crippen LogP contribution in [0.4, 0.5) is 5.82 Å². The van der Waals surface area contributed by atoms with Crippen LogP contribution in [-0.2, 0) is 4.79 Å². The van der Waals surface area contributed by atoms with Crippen LogP contribution >= 0.6 is 0 Å². The number of likely N-dealkylation sites (tertiary alicyclic amines) is 1. The number of aryl methyl sites for hydroxylation is 2. The molecule has 0 atom stereocenters. The lowest BCUT2D eigenvalue weighted by Gasteiger charge is -2.48. The second kappa shape index (κ2) is 7.85. The first-order valence-electron chi connectivity index (χ1n) is 9.89. The maximum Gasteiger partial charge on any atom is 0.222 e. The van der Waals surface area contributed by atoms with Gasteiger partial charge in [0.25, 0.3) is 0 Å². The molecule has 2 saturated heterocycles. The molecule has 0 aromatic carbocycles. The molecule has 3 rings (SSSR count). The molecule has 1 aromatic heterocycles. The molecule has 6 nitrogen and oxygen atoms in total. The first kappa shape index (κ1) is 19.6. The summed E-state index contributed by atoms with van der Waals surface area (Å²) < 4.78 is 0. The third kappa shape index (κ3) is 4.24. The zero-order chi connectivity index (χ0) is 19.6. The van der Waals surface area contributed by atoms with Gasteiger partial charge in [0.1, 0.15) is 11.9 Å². The van der Waals surface area contributed by atoms with Gasteiger partial charge < -0.3 is 14.7 Å². The van der Waals surface area contributed by atoms with E-state index in [2.05, 4.69) is 39.8 Å². The number of hydrogen-bond acceptors (Lipinski definition) is 5. The van der Waals surface area contributed by atoms with E-state index in [1.54, 1.807) is 0 Å². The summed E-state index contributed by atoms with van der Waals surface area (Å²) in [5, 5.41) is 9.25. The van der Waals surface area contributed by atoms with Crippen molar-refractivity contribution < 1.29 is 4.79 Å². The zero-order valence-electron chi connectivity index (χ0n) is 17.1. The van der Waals surface area contributed by atoms with Gasteiger partial charge in [-0.3, -0.25) is 4.79 Å². The van der Waals surface area contributed by atoms with E-state index in [1.165, 1.54) is 0 Å². The molecule has 3 heterocycles. The van der Waals surface area contributed by atoms with Crippen molar-refractivity contribution >= 4 is 11.7 Å². The Morgan fingerprint density at radius 1 is 1.26 bits per heavy atom. The molecule has 2 aliphatic rings. The number of nitrogens with zero attached hydrogens (tertiary/aromatic N) is 5. The van der Waals surface area contributed by atoms with E-state index < -0.39 is 0 Å². The van der Waals surface area contributed by atoms with Crippen molar-refractivity contribution in [1.29, 1.82) is 5.26 Å². The lowest BCUT2D eigenvalue weighted by molar-refractivity contribution is -0.138. The number of hydrogen-bond donors (Lipinski definition) is 0. The van der Waals surface area contributed by atoms with E-state index >= 15 is 0 Å². The minimum atomic E-state index is 0.257. The van der Waals surface area contributed by atoms with E-state index in [4.69, 9.17) is 0 Å². The van der Waals surface area contributed by atoms with Crippen LogP contribution < -0.4 is 4.90 Å². The van der Waals surface area contributed by atoms with Crippen molar-refractivity contribution in [2.24, 2.45) is 5.41 Å². The molecule has 0 bridgehead atoms. The fraction of sp³-hybridized carbons (Fsp3) is 0.667. The third-order valence-electron chi connectivity index (χ3n) is 6.21. The van der Waals surface area contributed by atoms with Crippen LogP contribution in [0, 0.1) is 30.6 Å². The minimum absolute atomic E-state index is 0.257. The van der Waals surface area contributed by atoms with E-state index in [9.17, 15) is 10.1 Å². The molecule has 0 radical (unpaired) electrons. The Bertz CT molecular complexity index is 720. The van der Waals surface area contributed by atoms with Crippen LogP contribution in [0.3, 0.4) is 0 Å². The number of rotatable bonds is 4. The third-order valence-corrected chi connectivity index (χ3v) is 6.21. The second-order valence-corrected chi connectivity index (χ2v) is 8.48. The van der Waals surface area contributed by atoms with Crippen LogP contribution in [0.5, 0.6) is 0 Å². The number of carbonyl (C=O) groups is 1. The van der Waals surface area contributed by atoms with Crippen molar-refractivity contribution in [2.45, 2.75) is 39.5 Å². The molecule has 146 valence electrons. The molecule has 0 N–H and O–H groups in total. The van der Waals surface area contributed by atoms with Gasteiger partial charge in [-0.2, -0.15) is 5.26 Å². The summed E-state index contributed by atoms with van der Waals surface area (Å²) in [6.07, 6.45) is 3.88. The largest absolute Gasteiger partial charge is 0.357 e. The standard InChI is InChI=1S/C21H31N5O/c1-16-13-19(23-17(2)18(16)14-22)25-9-7-21(8-10-25)6-5-20(27)26(15-21)12-11-24(3)4/h13H,5-12,15H2,1-4H3. The Kier molecular flexibility index (Phi) is 5.71. The van der Waals surface area contributed by atoms with Crippen molar-refractivity contribution in [1.82, 2.24) is 14.8 Å². The monoisotopic (exact) mass is 369 g/mol. The number of likely N-dealkylation sites (N-methyl/N-ethyl adjacent to an activating group) is 1. The summed E-state index contributed by atoms with van der Waals surface area (Å²) in [4.78, 5) is 23.5. The van der Waals surface area contributed by atoms with E-state index in [-0.39, 0.29) is 5.41 Å². The average molecular weight is 370 g/mol. The van der Waals surface area contributed by atoms with Gasteiger partial charge in [-0.1, -0.05) is 0 Å². The van der Waals surface area contributed by atoms with Gasteiger partial charge in [0, 0.05) is 39.1 Å². The highest BCUT2D eigenvalue weighted by molar-refractivity contribution is 5.77. The first-order valence-corrected chi connectivity index (χ1v) is 9.89. The second-order valence-electron chi connectivity index (χ2n) is 8.48. The summed E-state index contributed by atoms with van der Waals surface area (Å²) in [6, 6.07) is 4.29. The predicted molar refractivity (Wildman–Crippen MR) is 107 cm³/mol. The Hall–Kier alpha value is -2.13. The van der Waals surface area contributed by atoms with Gasteiger partial charge in [-0.25, -0.2) is 4.98 Å². The number of pyridine rings is 1. The van der Waals surface area contributed by atoms with Gasteiger partial charge in [0.2, 0.25) is 5.91 Å². The number of piperidine rings is 2. The fourth-order valence-electron chi connectivity index (χ4n) is 4.39. The highest BCUT2D eigenvalue weighted by atomic mass is 16.2. The highest BCUT2D eigenvalue weighted by Crippen LogP contribution is 2.41. The molecule has 0 aliphatic carbocycles. The van der Waals surface area contributed by atoms with Gasteiger partial charge in [-0.15, -0.1) is 0 Å². The van der Waals surface area contributed by atoms with Gasteiger partial charge in [0.15, 0.2) is 0 Å².